The number of aromatic hydroxyl groups is 1. The van der Waals surface area contributed by atoms with E-state index in [0.717, 1.165) is 11.1 Å². The molecule has 1 aliphatic rings. The number of hydrogen-bond donors (Lipinski definition) is 4. The van der Waals surface area contributed by atoms with Crippen LogP contribution in [0.2, 0.25) is 0 Å². The van der Waals surface area contributed by atoms with E-state index in [0.29, 0.717) is 6.42 Å². The summed E-state index contributed by atoms with van der Waals surface area (Å²) in [4.78, 5) is 0. The number of aliphatic hydroxyl groups is 1. The zero-order valence-electron chi connectivity index (χ0n) is 9.38. The molecule has 90 valence electrons. The standard InChI is InChI=1S/C11H14N4O2/c1-5-2-9(16)7-3-8(14-15-11(12)13)10(17)4-6(5)7/h3-5,9,16-17H,2H2,1H3,(H3,12,13)/t5-,9+/m1/s1. The van der Waals surface area contributed by atoms with Gasteiger partial charge in [0.1, 0.15) is 11.4 Å². The molecule has 1 aromatic rings. The summed E-state index contributed by atoms with van der Waals surface area (Å²) in [6.45, 7) is 1.99. The molecule has 0 saturated heterocycles. The van der Waals surface area contributed by atoms with Crippen LogP contribution < -0.4 is 5.73 Å². The van der Waals surface area contributed by atoms with Crippen LogP contribution in [-0.4, -0.2) is 16.2 Å². The quantitative estimate of drug-likeness (QED) is 0.338. The molecule has 5 N–H and O–H groups in total. The lowest BCUT2D eigenvalue weighted by Crippen LogP contribution is -2.03. The molecule has 6 heteroatoms. The maximum absolute atomic E-state index is 9.82. The number of benzene rings is 1. The van der Waals surface area contributed by atoms with Gasteiger partial charge in [-0.1, -0.05) is 6.92 Å². The second kappa shape index (κ2) is 4.14. The minimum absolute atomic E-state index is 0.0188. The third-order valence-corrected chi connectivity index (χ3v) is 2.91. The van der Waals surface area contributed by atoms with Crippen LogP contribution in [0.15, 0.2) is 22.4 Å². The molecule has 0 bridgehead atoms. The third kappa shape index (κ3) is 2.12. The van der Waals surface area contributed by atoms with Crippen molar-refractivity contribution in [2.75, 3.05) is 0 Å². The van der Waals surface area contributed by atoms with Gasteiger partial charge in [-0.3, -0.25) is 5.41 Å². The van der Waals surface area contributed by atoms with E-state index in [1.165, 1.54) is 0 Å². The highest BCUT2D eigenvalue weighted by molar-refractivity contribution is 5.75. The largest absolute Gasteiger partial charge is 0.506 e. The lowest BCUT2D eigenvalue weighted by Gasteiger charge is -2.07. The highest BCUT2D eigenvalue weighted by atomic mass is 16.3. The number of fused-ring (bicyclic) bond motifs is 1. The summed E-state index contributed by atoms with van der Waals surface area (Å²) in [7, 11) is 0. The van der Waals surface area contributed by atoms with E-state index in [1.807, 2.05) is 6.92 Å². The van der Waals surface area contributed by atoms with Crippen molar-refractivity contribution in [2.45, 2.75) is 25.4 Å². The Morgan fingerprint density at radius 2 is 2.18 bits per heavy atom. The number of azo groups is 1. The highest BCUT2D eigenvalue weighted by Crippen LogP contribution is 2.44. The number of aliphatic hydroxyl groups excluding tert-OH is 1. The fourth-order valence-corrected chi connectivity index (χ4v) is 2.10. The Hall–Kier alpha value is -1.95. The molecule has 0 aromatic heterocycles. The van der Waals surface area contributed by atoms with Gasteiger partial charge in [0.05, 0.1) is 6.10 Å². The van der Waals surface area contributed by atoms with E-state index in [4.69, 9.17) is 11.1 Å². The zero-order valence-corrected chi connectivity index (χ0v) is 9.38. The van der Waals surface area contributed by atoms with Crippen molar-refractivity contribution in [3.05, 3.63) is 23.3 Å². The van der Waals surface area contributed by atoms with Gasteiger partial charge in [-0.05, 0) is 35.6 Å². The Balaban J connectivity index is 2.44. The SMILES string of the molecule is C[C@@H]1C[C@H](O)c2cc(N=NC(=N)N)c(O)cc21. The molecule has 0 saturated carbocycles. The summed E-state index contributed by atoms with van der Waals surface area (Å²) in [5.74, 6) is -0.238. The van der Waals surface area contributed by atoms with E-state index in [9.17, 15) is 10.2 Å². The summed E-state index contributed by atoms with van der Waals surface area (Å²) in [6, 6.07) is 3.18. The fraction of sp³-hybridized carbons (Fsp3) is 0.364. The van der Waals surface area contributed by atoms with Gasteiger partial charge in [0.15, 0.2) is 0 Å². The van der Waals surface area contributed by atoms with E-state index in [1.54, 1.807) is 12.1 Å². The van der Waals surface area contributed by atoms with Crippen molar-refractivity contribution >= 4 is 11.6 Å². The number of nitrogens with one attached hydrogen (secondary N) is 1. The smallest absolute Gasteiger partial charge is 0.232 e. The molecule has 0 unspecified atom stereocenters. The van der Waals surface area contributed by atoms with Crippen molar-refractivity contribution in [1.82, 2.24) is 0 Å². The Morgan fingerprint density at radius 1 is 1.47 bits per heavy atom. The molecule has 0 fully saturated rings. The van der Waals surface area contributed by atoms with Gasteiger partial charge in [0.2, 0.25) is 5.96 Å². The van der Waals surface area contributed by atoms with Crippen LogP contribution in [0.4, 0.5) is 5.69 Å². The topological polar surface area (TPSA) is 115 Å². The van der Waals surface area contributed by atoms with E-state index >= 15 is 0 Å². The third-order valence-electron chi connectivity index (χ3n) is 2.91. The first-order chi connectivity index (χ1) is 7.99. The van der Waals surface area contributed by atoms with Gasteiger partial charge in [0, 0.05) is 0 Å². The van der Waals surface area contributed by atoms with Crippen molar-refractivity contribution in [1.29, 1.82) is 5.41 Å². The molecule has 0 amide bonds. The van der Waals surface area contributed by atoms with Crippen LogP contribution in [0.1, 0.15) is 36.5 Å². The van der Waals surface area contributed by atoms with E-state index < -0.39 is 12.1 Å². The predicted octanol–water partition coefficient (Wildman–Crippen LogP) is 1.91. The Kier molecular flexibility index (Phi) is 2.81. The van der Waals surface area contributed by atoms with Crippen molar-refractivity contribution in [3.63, 3.8) is 0 Å². The maximum Gasteiger partial charge on any atom is 0.232 e. The molecule has 0 heterocycles. The van der Waals surface area contributed by atoms with E-state index in [-0.39, 0.29) is 17.4 Å². The molecule has 1 aliphatic carbocycles. The fourth-order valence-electron chi connectivity index (χ4n) is 2.10. The van der Waals surface area contributed by atoms with Crippen molar-refractivity contribution in [2.24, 2.45) is 16.0 Å². The number of phenolic OH excluding ortho intramolecular Hbond substituents is 1. The van der Waals surface area contributed by atoms with Gasteiger partial charge < -0.3 is 15.9 Å². The van der Waals surface area contributed by atoms with Crippen molar-refractivity contribution in [3.8, 4) is 5.75 Å². The molecule has 0 spiro atoms. The van der Waals surface area contributed by atoms with Crippen molar-refractivity contribution < 1.29 is 10.2 Å². The number of guanidine groups is 1. The minimum atomic E-state index is -0.535. The number of hydrogen-bond acceptors (Lipinski definition) is 4. The van der Waals surface area contributed by atoms with Crippen LogP contribution in [0.25, 0.3) is 0 Å². The minimum Gasteiger partial charge on any atom is -0.506 e. The molecule has 2 rings (SSSR count). The molecule has 0 aliphatic heterocycles. The first kappa shape index (κ1) is 11.5. The summed E-state index contributed by atoms with van der Waals surface area (Å²) in [6.07, 6.45) is 0.106. The average Bonchev–Trinajstić information content (AvgIpc) is 2.51. The summed E-state index contributed by atoms with van der Waals surface area (Å²) in [5.41, 5.74) is 6.94. The highest BCUT2D eigenvalue weighted by Gasteiger charge is 2.28. The van der Waals surface area contributed by atoms with Gasteiger partial charge in [-0.25, -0.2) is 0 Å². The maximum atomic E-state index is 9.82. The van der Waals surface area contributed by atoms with Gasteiger partial charge >= 0.3 is 0 Å². The second-order valence-electron chi connectivity index (χ2n) is 4.21. The Morgan fingerprint density at radius 3 is 2.82 bits per heavy atom. The van der Waals surface area contributed by atoms with Crippen LogP contribution in [0, 0.1) is 5.41 Å². The number of phenols is 1. The van der Waals surface area contributed by atoms with Crippen LogP contribution in [0.5, 0.6) is 5.75 Å². The molecule has 1 aromatic carbocycles. The number of nitrogens with zero attached hydrogens (tertiary/aromatic N) is 2. The van der Waals surface area contributed by atoms with E-state index in [2.05, 4.69) is 10.2 Å². The molecular weight excluding hydrogens is 220 g/mol. The molecular formula is C11H14N4O2. The first-order valence-electron chi connectivity index (χ1n) is 5.29. The Bertz CT molecular complexity index is 498. The zero-order chi connectivity index (χ0) is 12.6. The average molecular weight is 234 g/mol. The molecule has 0 radical (unpaired) electrons. The van der Waals surface area contributed by atoms with Crippen LogP contribution in [-0.2, 0) is 0 Å². The van der Waals surface area contributed by atoms with Crippen LogP contribution >= 0.6 is 0 Å². The number of rotatable bonds is 1. The van der Waals surface area contributed by atoms with Gasteiger partial charge in [-0.15, -0.1) is 10.2 Å². The first-order valence-corrected chi connectivity index (χ1v) is 5.29. The van der Waals surface area contributed by atoms with Gasteiger partial charge in [-0.2, -0.15) is 0 Å². The Labute approximate surface area is 98.3 Å². The molecule has 17 heavy (non-hydrogen) atoms. The summed E-state index contributed by atoms with van der Waals surface area (Å²) in [5, 5.41) is 33.5. The monoisotopic (exact) mass is 234 g/mol. The number of nitrogens with two attached hydrogens (primary N) is 1. The summed E-state index contributed by atoms with van der Waals surface area (Å²) < 4.78 is 0. The summed E-state index contributed by atoms with van der Waals surface area (Å²) >= 11 is 0. The normalized spacial score (nSPS) is 22.9. The lowest BCUT2D eigenvalue weighted by molar-refractivity contribution is 0.174. The van der Waals surface area contributed by atoms with Crippen LogP contribution in [0.3, 0.4) is 0 Å². The lowest BCUT2D eigenvalue weighted by atomic mass is 10.0. The molecule has 2 atom stereocenters. The van der Waals surface area contributed by atoms with Gasteiger partial charge in [0.25, 0.3) is 0 Å². The molecule has 6 nitrogen and oxygen atoms in total. The predicted molar refractivity (Wildman–Crippen MR) is 62.5 cm³/mol. The second-order valence-corrected chi connectivity index (χ2v) is 4.21.